The van der Waals surface area contributed by atoms with Crippen LogP contribution in [-0.2, 0) is 0 Å². The average Bonchev–Trinajstić information content (AvgIpc) is 3.39. The van der Waals surface area contributed by atoms with Crippen LogP contribution in [0.25, 0.3) is 16.3 Å². The first kappa shape index (κ1) is 19.0. The van der Waals surface area contributed by atoms with Gasteiger partial charge in [-0.2, -0.15) is 0 Å². The number of halogens is 1. The first-order chi connectivity index (χ1) is 14.0. The molecule has 0 saturated carbocycles. The third-order valence-corrected chi connectivity index (χ3v) is 5.84. The molecule has 0 aliphatic carbocycles. The van der Waals surface area contributed by atoms with Gasteiger partial charge in [0.2, 0.25) is 0 Å². The fourth-order valence-corrected chi connectivity index (χ4v) is 3.99. The van der Waals surface area contributed by atoms with Crippen molar-refractivity contribution >= 4 is 17.2 Å². The number of carbonyl (C=O) groups excluding carboxylic acids is 1. The molecule has 2 aromatic heterocycles. The second-order valence-electron chi connectivity index (χ2n) is 6.70. The van der Waals surface area contributed by atoms with Gasteiger partial charge in [-0.3, -0.25) is 4.79 Å². The summed E-state index contributed by atoms with van der Waals surface area (Å²) in [5.74, 6) is -0.465. The van der Waals surface area contributed by atoms with E-state index < -0.39 is 0 Å². The van der Waals surface area contributed by atoms with E-state index in [1.54, 1.807) is 24.7 Å². The highest BCUT2D eigenvalue weighted by atomic mass is 32.1. The van der Waals surface area contributed by atoms with Crippen molar-refractivity contribution in [2.45, 2.75) is 19.9 Å². The minimum Gasteiger partial charge on any atom is -0.345 e. The highest BCUT2D eigenvalue weighted by Gasteiger charge is 2.18. The molecule has 0 aliphatic rings. The fourth-order valence-electron chi connectivity index (χ4n) is 3.02. The summed E-state index contributed by atoms with van der Waals surface area (Å²) in [4.78, 5) is 21.9. The van der Waals surface area contributed by atoms with E-state index in [-0.39, 0.29) is 17.8 Å². The van der Waals surface area contributed by atoms with Crippen LogP contribution in [-0.4, -0.2) is 20.4 Å². The Morgan fingerprint density at radius 3 is 2.52 bits per heavy atom. The Balaban J connectivity index is 1.48. The lowest BCUT2D eigenvalue weighted by molar-refractivity contribution is 0.0943. The van der Waals surface area contributed by atoms with E-state index in [0.29, 0.717) is 15.6 Å². The molecular weight excluding hydrogens is 387 g/mol. The highest BCUT2D eigenvalue weighted by molar-refractivity contribution is 7.17. The second-order valence-corrected chi connectivity index (χ2v) is 7.70. The van der Waals surface area contributed by atoms with Crippen LogP contribution in [0, 0.1) is 12.7 Å². The predicted molar refractivity (Wildman–Crippen MR) is 112 cm³/mol. The SMILES string of the molecule is Cc1nc(-c2ccc(F)cc2)sc1C(=O)NC(C)c1ccc(-n2ccnc2)cc1. The molecule has 4 aromatic rings. The standard InChI is InChI=1S/C22H19FN4OS/c1-14(16-5-9-19(10-6-16)27-12-11-24-13-27)25-21(28)20-15(2)26-22(29-20)17-3-7-18(23)8-4-17/h3-14H,1-2H3,(H,25,28). The van der Waals surface area contributed by atoms with Crippen molar-refractivity contribution < 1.29 is 9.18 Å². The smallest absolute Gasteiger partial charge is 0.263 e. The molecule has 0 saturated heterocycles. The average molecular weight is 406 g/mol. The number of amides is 1. The maximum atomic E-state index is 13.1. The summed E-state index contributed by atoms with van der Waals surface area (Å²) in [5.41, 5.74) is 3.46. The summed E-state index contributed by atoms with van der Waals surface area (Å²) in [6, 6.07) is 13.9. The third kappa shape index (κ3) is 4.09. The van der Waals surface area contributed by atoms with E-state index in [4.69, 9.17) is 0 Å². The molecule has 2 aromatic carbocycles. The number of carbonyl (C=O) groups is 1. The van der Waals surface area contributed by atoms with Crippen molar-refractivity contribution in [3.63, 3.8) is 0 Å². The quantitative estimate of drug-likeness (QED) is 0.511. The molecule has 1 amide bonds. The Hall–Kier alpha value is -3.32. The lowest BCUT2D eigenvalue weighted by Gasteiger charge is -2.14. The van der Waals surface area contributed by atoms with Gasteiger partial charge in [0.15, 0.2) is 0 Å². The van der Waals surface area contributed by atoms with Gasteiger partial charge in [0.1, 0.15) is 15.7 Å². The first-order valence-electron chi connectivity index (χ1n) is 9.14. The Labute approximate surface area is 171 Å². The van der Waals surface area contributed by atoms with E-state index in [0.717, 1.165) is 16.8 Å². The minimum atomic E-state index is -0.298. The zero-order valence-electron chi connectivity index (χ0n) is 16.0. The molecule has 0 bridgehead atoms. The summed E-state index contributed by atoms with van der Waals surface area (Å²) < 4.78 is 15.1. The van der Waals surface area contributed by atoms with Crippen LogP contribution in [0.15, 0.2) is 67.3 Å². The van der Waals surface area contributed by atoms with Crippen molar-refractivity contribution in [2.75, 3.05) is 0 Å². The molecule has 1 unspecified atom stereocenters. The number of imidazole rings is 1. The van der Waals surface area contributed by atoms with Gasteiger partial charge in [-0.15, -0.1) is 11.3 Å². The summed E-state index contributed by atoms with van der Waals surface area (Å²) in [6.07, 6.45) is 5.35. The summed E-state index contributed by atoms with van der Waals surface area (Å²) in [5, 5.41) is 3.73. The molecule has 1 N–H and O–H groups in total. The van der Waals surface area contributed by atoms with Crippen molar-refractivity contribution in [3.8, 4) is 16.3 Å². The van der Waals surface area contributed by atoms with Gasteiger partial charge in [0, 0.05) is 23.6 Å². The van der Waals surface area contributed by atoms with E-state index in [2.05, 4.69) is 15.3 Å². The summed E-state index contributed by atoms with van der Waals surface area (Å²) in [7, 11) is 0. The number of hydrogen-bond donors (Lipinski definition) is 1. The number of thiazole rings is 1. The van der Waals surface area contributed by atoms with Crippen LogP contribution in [0.2, 0.25) is 0 Å². The Kier molecular flexibility index (Phi) is 5.22. The second kappa shape index (κ2) is 7.97. The van der Waals surface area contributed by atoms with E-state index >= 15 is 0 Å². The molecule has 5 nitrogen and oxygen atoms in total. The van der Waals surface area contributed by atoms with Crippen molar-refractivity contribution in [1.29, 1.82) is 0 Å². The molecule has 0 fully saturated rings. The van der Waals surface area contributed by atoms with Crippen molar-refractivity contribution in [1.82, 2.24) is 19.9 Å². The van der Waals surface area contributed by atoms with E-state index in [1.165, 1.54) is 23.5 Å². The van der Waals surface area contributed by atoms with Crippen LogP contribution >= 0.6 is 11.3 Å². The van der Waals surface area contributed by atoms with Crippen LogP contribution in [0.3, 0.4) is 0 Å². The molecule has 2 heterocycles. The Morgan fingerprint density at radius 1 is 1.14 bits per heavy atom. The number of aromatic nitrogens is 3. The van der Waals surface area contributed by atoms with E-state index in [1.807, 2.05) is 48.9 Å². The number of benzene rings is 2. The van der Waals surface area contributed by atoms with Crippen molar-refractivity contribution in [2.24, 2.45) is 0 Å². The van der Waals surface area contributed by atoms with Gasteiger partial charge >= 0.3 is 0 Å². The number of rotatable bonds is 5. The highest BCUT2D eigenvalue weighted by Crippen LogP contribution is 2.28. The maximum Gasteiger partial charge on any atom is 0.263 e. The van der Waals surface area contributed by atoms with Gasteiger partial charge in [-0.25, -0.2) is 14.4 Å². The molecule has 29 heavy (non-hydrogen) atoms. The lowest BCUT2D eigenvalue weighted by Crippen LogP contribution is -2.26. The molecule has 0 radical (unpaired) electrons. The first-order valence-corrected chi connectivity index (χ1v) is 9.95. The van der Waals surface area contributed by atoms with Crippen molar-refractivity contribution in [3.05, 3.63) is 89.2 Å². The van der Waals surface area contributed by atoms with Gasteiger partial charge < -0.3 is 9.88 Å². The molecule has 0 aliphatic heterocycles. The van der Waals surface area contributed by atoms with Gasteiger partial charge in [-0.05, 0) is 55.8 Å². The number of nitrogens with zero attached hydrogens (tertiary/aromatic N) is 3. The maximum absolute atomic E-state index is 13.1. The van der Waals surface area contributed by atoms with Gasteiger partial charge in [-0.1, -0.05) is 12.1 Å². The number of hydrogen-bond acceptors (Lipinski definition) is 4. The monoisotopic (exact) mass is 406 g/mol. The summed E-state index contributed by atoms with van der Waals surface area (Å²) >= 11 is 1.31. The molecule has 7 heteroatoms. The van der Waals surface area contributed by atoms with Gasteiger partial charge in [0.05, 0.1) is 18.1 Å². The predicted octanol–water partition coefficient (Wildman–Crippen LogP) is 4.93. The molecule has 146 valence electrons. The van der Waals surface area contributed by atoms with Crippen LogP contribution in [0.5, 0.6) is 0 Å². The fraction of sp³-hybridized carbons (Fsp3) is 0.136. The number of nitrogens with one attached hydrogen (secondary N) is 1. The van der Waals surface area contributed by atoms with Crippen LogP contribution in [0.1, 0.15) is 33.9 Å². The molecular formula is C22H19FN4OS. The topological polar surface area (TPSA) is 59.8 Å². The van der Waals surface area contributed by atoms with E-state index in [9.17, 15) is 9.18 Å². The number of aryl methyl sites for hydroxylation is 1. The largest absolute Gasteiger partial charge is 0.345 e. The van der Waals surface area contributed by atoms with Crippen LogP contribution in [0.4, 0.5) is 4.39 Å². The zero-order chi connectivity index (χ0) is 20.4. The Bertz CT molecular complexity index is 1120. The van der Waals surface area contributed by atoms with Crippen LogP contribution < -0.4 is 5.32 Å². The van der Waals surface area contributed by atoms with Gasteiger partial charge in [0.25, 0.3) is 5.91 Å². The molecule has 0 spiro atoms. The molecule has 1 atom stereocenters. The lowest BCUT2D eigenvalue weighted by atomic mass is 10.1. The third-order valence-electron chi connectivity index (χ3n) is 4.64. The minimum absolute atomic E-state index is 0.157. The zero-order valence-corrected chi connectivity index (χ0v) is 16.8. The molecule has 4 rings (SSSR count). The Morgan fingerprint density at radius 2 is 1.86 bits per heavy atom. The summed E-state index contributed by atoms with van der Waals surface area (Å²) in [6.45, 7) is 3.75. The normalized spacial score (nSPS) is 12.0.